The summed E-state index contributed by atoms with van der Waals surface area (Å²) in [5.41, 5.74) is 0. The van der Waals surface area contributed by atoms with Gasteiger partial charge in [-0.05, 0) is 22.9 Å². The van der Waals surface area contributed by atoms with Crippen LogP contribution < -0.4 is 0 Å². The van der Waals surface area contributed by atoms with Gasteiger partial charge in [-0.1, -0.05) is 54.6 Å². The van der Waals surface area contributed by atoms with Crippen molar-refractivity contribution >= 4 is 34.2 Å². The molecule has 4 aromatic rings. The largest absolute Gasteiger partial charge is 0.504 e. The smallest absolute Gasteiger partial charge is 0.165 e. The average molecular weight is 352 g/mol. The highest BCUT2D eigenvalue weighted by atomic mass is 32.1. The molecule has 0 spiro atoms. The van der Waals surface area contributed by atoms with E-state index in [2.05, 4.69) is 12.6 Å². The molecule has 0 saturated carbocycles. The Kier molecular flexibility index (Phi) is 4.59. The van der Waals surface area contributed by atoms with Crippen LogP contribution >= 0.6 is 12.6 Å². The first kappa shape index (κ1) is 16.8. The summed E-state index contributed by atoms with van der Waals surface area (Å²) in [6.07, 6.45) is 0. The Morgan fingerprint density at radius 1 is 0.560 bits per heavy atom. The van der Waals surface area contributed by atoms with Gasteiger partial charge in [-0.15, -0.1) is 12.6 Å². The van der Waals surface area contributed by atoms with Crippen LogP contribution in [0.2, 0.25) is 0 Å². The number of phenolic OH excluding ortho intramolecular Hbond substituents is 4. The molecule has 25 heavy (non-hydrogen) atoms. The van der Waals surface area contributed by atoms with Crippen LogP contribution in [-0.4, -0.2) is 20.4 Å². The van der Waals surface area contributed by atoms with Crippen molar-refractivity contribution in [2.45, 2.75) is 4.90 Å². The number of hydrogen-bond donors (Lipinski definition) is 5. The van der Waals surface area contributed by atoms with E-state index in [4.69, 9.17) is 5.11 Å². The van der Waals surface area contributed by atoms with Crippen molar-refractivity contribution in [2.75, 3.05) is 0 Å². The van der Waals surface area contributed by atoms with Gasteiger partial charge in [-0.3, -0.25) is 0 Å². The molecule has 0 aliphatic carbocycles. The van der Waals surface area contributed by atoms with Gasteiger partial charge in [-0.25, -0.2) is 0 Å². The molecular weight excluding hydrogens is 336 g/mol. The van der Waals surface area contributed by atoms with Crippen LogP contribution in [-0.2, 0) is 0 Å². The Hall–Kier alpha value is -3.05. The molecular formula is C20H16O4S. The fourth-order valence-corrected chi connectivity index (χ4v) is 2.89. The third kappa shape index (κ3) is 3.27. The SMILES string of the molecule is Oc1cc(S)c2ccccc2c1O.Oc1ccc2ccccc2c1O. The third-order valence-electron chi connectivity index (χ3n) is 3.85. The lowest BCUT2D eigenvalue weighted by molar-refractivity contribution is 0.407. The molecule has 4 aromatic carbocycles. The predicted molar refractivity (Wildman–Crippen MR) is 102 cm³/mol. The maximum Gasteiger partial charge on any atom is 0.165 e. The van der Waals surface area contributed by atoms with Crippen molar-refractivity contribution in [3.8, 4) is 23.0 Å². The van der Waals surface area contributed by atoms with Crippen LogP contribution in [0.3, 0.4) is 0 Å². The summed E-state index contributed by atoms with van der Waals surface area (Å²) in [6.45, 7) is 0. The zero-order valence-corrected chi connectivity index (χ0v) is 14.0. The zero-order valence-electron chi connectivity index (χ0n) is 13.1. The van der Waals surface area contributed by atoms with Crippen molar-refractivity contribution in [1.29, 1.82) is 0 Å². The van der Waals surface area contributed by atoms with E-state index in [0.717, 1.165) is 10.8 Å². The van der Waals surface area contributed by atoms with Crippen molar-refractivity contribution in [3.05, 3.63) is 66.7 Å². The van der Waals surface area contributed by atoms with Gasteiger partial charge in [0, 0.05) is 15.7 Å². The van der Waals surface area contributed by atoms with Gasteiger partial charge in [0.15, 0.2) is 23.0 Å². The molecule has 4 N–H and O–H groups in total. The monoisotopic (exact) mass is 352 g/mol. The summed E-state index contributed by atoms with van der Waals surface area (Å²) in [4.78, 5) is 0.658. The summed E-state index contributed by atoms with van der Waals surface area (Å²) in [5, 5.41) is 40.4. The lowest BCUT2D eigenvalue weighted by Gasteiger charge is -2.05. The minimum absolute atomic E-state index is 0.0481. The van der Waals surface area contributed by atoms with E-state index in [0.29, 0.717) is 15.7 Å². The molecule has 126 valence electrons. The van der Waals surface area contributed by atoms with E-state index in [1.165, 1.54) is 12.1 Å². The summed E-state index contributed by atoms with van der Waals surface area (Å²) >= 11 is 4.20. The lowest BCUT2D eigenvalue weighted by Crippen LogP contribution is -1.77. The first-order valence-corrected chi connectivity index (χ1v) is 7.96. The number of fused-ring (bicyclic) bond motifs is 2. The Labute approximate surface area is 149 Å². The molecule has 4 nitrogen and oxygen atoms in total. The maximum atomic E-state index is 9.50. The van der Waals surface area contributed by atoms with E-state index >= 15 is 0 Å². The van der Waals surface area contributed by atoms with Gasteiger partial charge < -0.3 is 20.4 Å². The second kappa shape index (κ2) is 6.83. The van der Waals surface area contributed by atoms with Crippen LogP contribution in [0.4, 0.5) is 0 Å². The summed E-state index contributed by atoms with van der Waals surface area (Å²) in [7, 11) is 0. The summed E-state index contributed by atoms with van der Waals surface area (Å²) in [5.74, 6) is -0.348. The van der Waals surface area contributed by atoms with Crippen LogP contribution in [0.25, 0.3) is 21.5 Å². The second-order valence-electron chi connectivity index (χ2n) is 5.46. The number of benzene rings is 4. The highest BCUT2D eigenvalue weighted by molar-refractivity contribution is 7.80. The minimum Gasteiger partial charge on any atom is -0.504 e. The molecule has 0 fully saturated rings. The second-order valence-corrected chi connectivity index (χ2v) is 5.95. The molecule has 0 amide bonds. The fourth-order valence-electron chi connectivity index (χ4n) is 2.57. The number of hydrogen-bond acceptors (Lipinski definition) is 5. The van der Waals surface area contributed by atoms with Crippen LogP contribution in [0.15, 0.2) is 71.6 Å². The zero-order chi connectivity index (χ0) is 18.0. The quantitative estimate of drug-likeness (QED) is 0.233. The minimum atomic E-state index is -0.135. The third-order valence-corrected chi connectivity index (χ3v) is 4.22. The fraction of sp³-hybridized carbons (Fsp3) is 0. The molecule has 0 aromatic heterocycles. The van der Waals surface area contributed by atoms with Gasteiger partial charge in [0.25, 0.3) is 0 Å². The molecule has 0 unspecified atom stereocenters. The molecule has 0 bridgehead atoms. The predicted octanol–water partition coefficient (Wildman–Crippen LogP) is 4.79. The first-order chi connectivity index (χ1) is 12.0. The molecule has 0 aliphatic rings. The number of rotatable bonds is 0. The highest BCUT2D eigenvalue weighted by Crippen LogP contribution is 2.37. The molecule has 0 heterocycles. The molecule has 0 saturated heterocycles. The van der Waals surface area contributed by atoms with Gasteiger partial charge in [0.2, 0.25) is 0 Å². The van der Waals surface area contributed by atoms with Crippen LogP contribution in [0.5, 0.6) is 23.0 Å². The van der Waals surface area contributed by atoms with E-state index in [9.17, 15) is 15.3 Å². The Morgan fingerprint density at radius 3 is 1.84 bits per heavy atom. The molecule has 5 heteroatoms. The summed E-state index contributed by atoms with van der Waals surface area (Å²) in [6, 6.07) is 19.3. The van der Waals surface area contributed by atoms with E-state index < -0.39 is 0 Å². The Morgan fingerprint density at radius 2 is 1.12 bits per heavy atom. The van der Waals surface area contributed by atoms with E-state index in [-0.39, 0.29) is 23.0 Å². The first-order valence-electron chi connectivity index (χ1n) is 7.51. The van der Waals surface area contributed by atoms with Crippen LogP contribution in [0.1, 0.15) is 0 Å². The maximum absolute atomic E-state index is 9.50. The standard InChI is InChI=1S/C10H8O2S.C10H8O2/c11-8-5-9(13)6-3-1-2-4-7(6)10(8)12;11-9-6-5-7-3-1-2-4-8(7)10(9)12/h1-5,11-13H;1-6,11-12H. The average Bonchev–Trinajstić information content (AvgIpc) is 2.64. The number of aromatic hydroxyl groups is 4. The van der Waals surface area contributed by atoms with E-state index in [1.54, 1.807) is 24.3 Å². The molecule has 0 radical (unpaired) electrons. The lowest BCUT2D eigenvalue weighted by atomic mass is 10.1. The van der Waals surface area contributed by atoms with Gasteiger partial charge in [0.05, 0.1) is 0 Å². The molecule has 0 atom stereocenters. The normalized spacial score (nSPS) is 10.4. The highest BCUT2D eigenvalue weighted by Gasteiger charge is 2.07. The van der Waals surface area contributed by atoms with E-state index in [1.807, 2.05) is 30.3 Å². The van der Waals surface area contributed by atoms with Crippen molar-refractivity contribution in [3.63, 3.8) is 0 Å². The van der Waals surface area contributed by atoms with Gasteiger partial charge in [0.1, 0.15) is 0 Å². The number of phenols is 4. The molecule has 4 rings (SSSR count). The Balaban J connectivity index is 0.000000146. The Bertz CT molecular complexity index is 1060. The van der Waals surface area contributed by atoms with Crippen molar-refractivity contribution < 1.29 is 20.4 Å². The topological polar surface area (TPSA) is 80.9 Å². The van der Waals surface area contributed by atoms with Gasteiger partial charge >= 0.3 is 0 Å². The summed E-state index contributed by atoms with van der Waals surface area (Å²) < 4.78 is 0. The van der Waals surface area contributed by atoms with Crippen molar-refractivity contribution in [2.24, 2.45) is 0 Å². The van der Waals surface area contributed by atoms with Gasteiger partial charge in [-0.2, -0.15) is 0 Å². The van der Waals surface area contributed by atoms with Crippen LogP contribution in [0, 0.1) is 0 Å². The molecule has 0 aliphatic heterocycles. The number of thiol groups is 1. The van der Waals surface area contributed by atoms with Crippen molar-refractivity contribution in [1.82, 2.24) is 0 Å².